The standard InChI is InChI=1S/C10H20N2/c1-2-5-10(11)12-8-9-6-3-4-7-9/h9H,2-8H2,1H3,(H2,11,12). The summed E-state index contributed by atoms with van der Waals surface area (Å²) >= 11 is 0. The predicted octanol–water partition coefficient (Wildman–Crippen LogP) is 2.33. The molecular formula is C10H20N2. The van der Waals surface area contributed by atoms with Gasteiger partial charge in [-0.1, -0.05) is 19.8 Å². The maximum atomic E-state index is 5.71. The first-order valence-electron chi connectivity index (χ1n) is 5.11. The van der Waals surface area contributed by atoms with Crippen molar-refractivity contribution >= 4 is 5.84 Å². The second-order valence-corrected chi connectivity index (χ2v) is 3.73. The van der Waals surface area contributed by atoms with E-state index in [9.17, 15) is 0 Å². The molecule has 0 aliphatic heterocycles. The molecule has 1 rings (SSSR count). The molecule has 1 aliphatic carbocycles. The van der Waals surface area contributed by atoms with Crippen molar-refractivity contribution in [3.63, 3.8) is 0 Å². The topological polar surface area (TPSA) is 38.4 Å². The van der Waals surface area contributed by atoms with E-state index >= 15 is 0 Å². The molecule has 0 amide bonds. The van der Waals surface area contributed by atoms with Gasteiger partial charge in [0, 0.05) is 13.0 Å². The van der Waals surface area contributed by atoms with Crippen LogP contribution < -0.4 is 5.73 Å². The predicted molar refractivity (Wildman–Crippen MR) is 53.4 cm³/mol. The Labute approximate surface area is 75.3 Å². The summed E-state index contributed by atoms with van der Waals surface area (Å²) in [6.07, 6.45) is 7.60. The van der Waals surface area contributed by atoms with Gasteiger partial charge < -0.3 is 5.73 Å². The second-order valence-electron chi connectivity index (χ2n) is 3.73. The van der Waals surface area contributed by atoms with Crippen molar-refractivity contribution in [1.29, 1.82) is 0 Å². The van der Waals surface area contributed by atoms with Crippen LogP contribution in [0.3, 0.4) is 0 Å². The van der Waals surface area contributed by atoms with Gasteiger partial charge in [0.05, 0.1) is 5.84 Å². The minimum Gasteiger partial charge on any atom is -0.387 e. The molecule has 0 heterocycles. The lowest BCUT2D eigenvalue weighted by Gasteiger charge is -2.04. The van der Waals surface area contributed by atoms with E-state index in [0.717, 1.165) is 31.1 Å². The molecule has 70 valence electrons. The summed E-state index contributed by atoms with van der Waals surface area (Å²) < 4.78 is 0. The molecule has 0 aromatic rings. The van der Waals surface area contributed by atoms with E-state index in [0.29, 0.717) is 0 Å². The van der Waals surface area contributed by atoms with Gasteiger partial charge in [-0.05, 0) is 25.2 Å². The first-order chi connectivity index (χ1) is 5.83. The molecule has 0 atom stereocenters. The molecule has 0 aromatic heterocycles. The van der Waals surface area contributed by atoms with Crippen molar-refractivity contribution in [2.75, 3.05) is 6.54 Å². The maximum absolute atomic E-state index is 5.71. The zero-order chi connectivity index (χ0) is 8.81. The molecule has 2 N–H and O–H groups in total. The number of hydrogen-bond acceptors (Lipinski definition) is 1. The van der Waals surface area contributed by atoms with Gasteiger partial charge in [0.25, 0.3) is 0 Å². The number of nitrogens with zero attached hydrogens (tertiary/aromatic N) is 1. The summed E-state index contributed by atoms with van der Waals surface area (Å²) in [5.74, 6) is 1.69. The normalized spacial score (nSPS) is 20.2. The van der Waals surface area contributed by atoms with Crippen LogP contribution in [0.25, 0.3) is 0 Å². The van der Waals surface area contributed by atoms with Crippen molar-refractivity contribution in [3.8, 4) is 0 Å². The van der Waals surface area contributed by atoms with E-state index in [1.807, 2.05) is 0 Å². The number of hydrogen-bond donors (Lipinski definition) is 1. The van der Waals surface area contributed by atoms with E-state index in [4.69, 9.17) is 5.73 Å². The van der Waals surface area contributed by atoms with Crippen molar-refractivity contribution in [2.45, 2.75) is 45.4 Å². The van der Waals surface area contributed by atoms with E-state index in [1.165, 1.54) is 25.7 Å². The summed E-state index contributed by atoms with van der Waals surface area (Å²) in [4.78, 5) is 4.39. The smallest absolute Gasteiger partial charge is 0.0937 e. The third-order valence-electron chi connectivity index (χ3n) is 2.53. The summed E-state index contributed by atoms with van der Waals surface area (Å²) in [5, 5.41) is 0. The van der Waals surface area contributed by atoms with Crippen molar-refractivity contribution in [2.24, 2.45) is 16.6 Å². The van der Waals surface area contributed by atoms with Crippen LogP contribution >= 0.6 is 0 Å². The second kappa shape index (κ2) is 5.18. The Bertz CT molecular complexity index is 146. The van der Waals surface area contributed by atoms with Gasteiger partial charge in [0.15, 0.2) is 0 Å². The zero-order valence-corrected chi connectivity index (χ0v) is 8.05. The molecule has 2 nitrogen and oxygen atoms in total. The lowest BCUT2D eigenvalue weighted by molar-refractivity contribution is 0.562. The van der Waals surface area contributed by atoms with Crippen molar-refractivity contribution in [3.05, 3.63) is 0 Å². The Hall–Kier alpha value is -0.530. The third-order valence-corrected chi connectivity index (χ3v) is 2.53. The van der Waals surface area contributed by atoms with Crippen LogP contribution in [0.4, 0.5) is 0 Å². The molecule has 0 unspecified atom stereocenters. The van der Waals surface area contributed by atoms with Gasteiger partial charge >= 0.3 is 0 Å². The molecule has 2 heteroatoms. The van der Waals surface area contributed by atoms with Crippen LogP contribution in [0.2, 0.25) is 0 Å². The lowest BCUT2D eigenvalue weighted by atomic mass is 10.1. The van der Waals surface area contributed by atoms with Crippen LogP contribution in [0, 0.1) is 5.92 Å². The largest absolute Gasteiger partial charge is 0.387 e. The Morgan fingerprint density at radius 1 is 1.42 bits per heavy atom. The van der Waals surface area contributed by atoms with E-state index in [2.05, 4.69) is 11.9 Å². The fourth-order valence-electron chi connectivity index (χ4n) is 1.77. The molecule has 1 saturated carbocycles. The van der Waals surface area contributed by atoms with Gasteiger partial charge in [0.2, 0.25) is 0 Å². The highest BCUT2D eigenvalue weighted by Crippen LogP contribution is 2.24. The highest BCUT2D eigenvalue weighted by atomic mass is 14.8. The number of nitrogens with two attached hydrogens (primary N) is 1. The molecular weight excluding hydrogens is 148 g/mol. The minimum atomic E-state index is 0.834. The number of rotatable bonds is 4. The Morgan fingerprint density at radius 2 is 2.08 bits per heavy atom. The SMILES string of the molecule is CCCC(N)=NCC1CCCC1. The van der Waals surface area contributed by atoms with Gasteiger partial charge in [-0.25, -0.2) is 0 Å². The first-order valence-corrected chi connectivity index (χ1v) is 5.11. The van der Waals surface area contributed by atoms with Crippen LogP contribution in [-0.2, 0) is 0 Å². The Morgan fingerprint density at radius 3 is 2.67 bits per heavy atom. The van der Waals surface area contributed by atoms with Gasteiger partial charge in [-0.15, -0.1) is 0 Å². The molecule has 0 aromatic carbocycles. The number of aliphatic imine (C=N–C) groups is 1. The third kappa shape index (κ3) is 3.24. The summed E-state index contributed by atoms with van der Waals surface area (Å²) in [7, 11) is 0. The summed E-state index contributed by atoms with van der Waals surface area (Å²) in [6.45, 7) is 3.11. The van der Waals surface area contributed by atoms with Crippen LogP contribution in [-0.4, -0.2) is 12.4 Å². The fraction of sp³-hybridized carbons (Fsp3) is 0.900. The monoisotopic (exact) mass is 168 g/mol. The highest BCUT2D eigenvalue weighted by molar-refractivity contribution is 5.80. The first kappa shape index (κ1) is 9.56. The molecule has 12 heavy (non-hydrogen) atoms. The summed E-state index contributed by atoms with van der Waals surface area (Å²) in [5.41, 5.74) is 5.71. The Balaban J connectivity index is 2.17. The minimum absolute atomic E-state index is 0.834. The lowest BCUT2D eigenvalue weighted by Crippen LogP contribution is -2.13. The fourth-order valence-corrected chi connectivity index (χ4v) is 1.77. The zero-order valence-electron chi connectivity index (χ0n) is 8.05. The van der Waals surface area contributed by atoms with E-state index < -0.39 is 0 Å². The molecule has 0 spiro atoms. The molecule has 0 radical (unpaired) electrons. The average Bonchev–Trinajstić information content (AvgIpc) is 2.53. The van der Waals surface area contributed by atoms with E-state index in [-0.39, 0.29) is 0 Å². The van der Waals surface area contributed by atoms with Gasteiger partial charge in [-0.2, -0.15) is 0 Å². The maximum Gasteiger partial charge on any atom is 0.0937 e. The molecule has 0 saturated heterocycles. The van der Waals surface area contributed by atoms with Crippen molar-refractivity contribution < 1.29 is 0 Å². The molecule has 0 bridgehead atoms. The average molecular weight is 168 g/mol. The quantitative estimate of drug-likeness (QED) is 0.508. The number of amidine groups is 1. The van der Waals surface area contributed by atoms with Crippen LogP contribution in [0.5, 0.6) is 0 Å². The van der Waals surface area contributed by atoms with E-state index in [1.54, 1.807) is 0 Å². The highest BCUT2D eigenvalue weighted by Gasteiger charge is 2.13. The van der Waals surface area contributed by atoms with Gasteiger partial charge in [-0.3, -0.25) is 4.99 Å². The van der Waals surface area contributed by atoms with Gasteiger partial charge in [0.1, 0.15) is 0 Å². The Kier molecular flexibility index (Phi) is 4.12. The van der Waals surface area contributed by atoms with Crippen LogP contribution in [0.1, 0.15) is 45.4 Å². The van der Waals surface area contributed by atoms with Crippen LogP contribution in [0.15, 0.2) is 4.99 Å². The molecule has 1 aliphatic rings. The van der Waals surface area contributed by atoms with Crippen molar-refractivity contribution in [1.82, 2.24) is 0 Å². The summed E-state index contributed by atoms with van der Waals surface area (Å²) in [6, 6.07) is 0. The molecule has 1 fully saturated rings.